The normalized spacial score (nSPS) is 27.2. The molecule has 0 aromatic carbocycles. The van der Waals surface area contributed by atoms with Crippen LogP contribution < -0.4 is 0 Å². The second kappa shape index (κ2) is 5.83. The summed E-state index contributed by atoms with van der Waals surface area (Å²) in [5, 5.41) is 0. The highest BCUT2D eigenvalue weighted by atomic mass is 16.5. The maximum Gasteiger partial charge on any atom is 0.196 e. The van der Waals surface area contributed by atoms with Gasteiger partial charge >= 0.3 is 0 Å². The summed E-state index contributed by atoms with van der Waals surface area (Å²) in [6, 6.07) is 1.89. The largest absolute Gasteiger partial charge is 0.367 e. The van der Waals surface area contributed by atoms with Crippen LogP contribution in [0.25, 0.3) is 0 Å². The van der Waals surface area contributed by atoms with Gasteiger partial charge in [-0.1, -0.05) is 13.3 Å². The summed E-state index contributed by atoms with van der Waals surface area (Å²) in [6.07, 6.45) is 7.31. The molecule has 0 radical (unpaired) electrons. The predicted molar refractivity (Wildman–Crippen MR) is 75.3 cm³/mol. The lowest BCUT2D eigenvalue weighted by Crippen LogP contribution is -2.45. The fraction of sp³-hybridized carbons (Fsp3) is 0.625. The van der Waals surface area contributed by atoms with Crippen LogP contribution in [0.15, 0.2) is 18.5 Å². The first-order valence-corrected chi connectivity index (χ1v) is 7.18. The number of nitrogens with zero attached hydrogens (tertiary/aromatic N) is 1. The Bertz CT molecular complexity index is 454. The quantitative estimate of drug-likeness (QED) is 0.778. The van der Waals surface area contributed by atoms with E-state index in [4.69, 9.17) is 4.74 Å². The van der Waals surface area contributed by atoms with Crippen LogP contribution in [0.1, 0.15) is 55.5 Å². The van der Waals surface area contributed by atoms with Crippen molar-refractivity contribution in [3.63, 3.8) is 0 Å². The average molecular weight is 261 g/mol. The lowest BCUT2D eigenvalue weighted by molar-refractivity contribution is -0.0512. The molecule has 1 aliphatic rings. The third kappa shape index (κ3) is 2.86. The van der Waals surface area contributed by atoms with Gasteiger partial charge in [-0.2, -0.15) is 0 Å². The highest BCUT2D eigenvalue weighted by Gasteiger charge is 2.43. The van der Waals surface area contributed by atoms with Crippen molar-refractivity contribution in [2.45, 2.75) is 52.1 Å². The summed E-state index contributed by atoms with van der Waals surface area (Å²) >= 11 is 0. The average Bonchev–Trinajstić information content (AvgIpc) is 2.39. The molecule has 19 heavy (non-hydrogen) atoms. The molecule has 1 heterocycles. The molecule has 0 aliphatic heterocycles. The molecule has 1 fully saturated rings. The monoisotopic (exact) mass is 261 g/mol. The number of ether oxygens (including phenoxy) is 1. The van der Waals surface area contributed by atoms with E-state index in [1.807, 2.05) is 19.9 Å². The zero-order chi connectivity index (χ0) is 13.9. The van der Waals surface area contributed by atoms with Gasteiger partial charge in [0.2, 0.25) is 0 Å². The number of carbonyl (C=O) groups excluding carboxylic acids is 1. The summed E-state index contributed by atoms with van der Waals surface area (Å²) in [5.74, 6) is 0.660. The van der Waals surface area contributed by atoms with Gasteiger partial charge in [0.25, 0.3) is 0 Å². The van der Waals surface area contributed by atoms with E-state index in [0.717, 1.165) is 24.8 Å². The molecule has 1 aliphatic carbocycles. The Kier molecular flexibility index (Phi) is 4.35. The van der Waals surface area contributed by atoms with Crippen molar-refractivity contribution in [1.29, 1.82) is 0 Å². The van der Waals surface area contributed by atoms with Crippen LogP contribution in [0.5, 0.6) is 0 Å². The minimum Gasteiger partial charge on any atom is -0.367 e. The second-order valence-corrected chi connectivity index (χ2v) is 5.65. The molecule has 2 rings (SSSR count). The second-order valence-electron chi connectivity index (χ2n) is 5.65. The van der Waals surface area contributed by atoms with Gasteiger partial charge < -0.3 is 4.74 Å². The Morgan fingerprint density at radius 1 is 1.58 bits per heavy atom. The molecular formula is C16H23NO2. The SMILES string of the molecule is CCOC1(C(=O)c2cnccc2C)CCCC(C)C1. The number of ketones is 1. The molecule has 0 amide bonds. The van der Waals surface area contributed by atoms with Crippen LogP contribution in [-0.4, -0.2) is 23.0 Å². The summed E-state index contributed by atoms with van der Waals surface area (Å²) in [4.78, 5) is 17.0. The van der Waals surface area contributed by atoms with Gasteiger partial charge in [0, 0.05) is 24.6 Å². The van der Waals surface area contributed by atoms with Crippen molar-refractivity contribution in [2.24, 2.45) is 5.92 Å². The molecule has 0 bridgehead atoms. The van der Waals surface area contributed by atoms with Gasteiger partial charge in [0.15, 0.2) is 5.78 Å². The van der Waals surface area contributed by atoms with E-state index in [2.05, 4.69) is 11.9 Å². The van der Waals surface area contributed by atoms with E-state index in [0.29, 0.717) is 18.1 Å². The van der Waals surface area contributed by atoms with E-state index in [9.17, 15) is 4.79 Å². The van der Waals surface area contributed by atoms with Crippen LogP contribution >= 0.6 is 0 Å². The smallest absolute Gasteiger partial charge is 0.196 e. The number of Topliss-reactive ketones (excluding diaryl/α,β-unsaturated/α-hetero) is 1. The zero-order valence-electron chi connectivity index (χ0n) is 12.1. The molecule has 2 unspecified atom stereocenters. The van der Waals surface area contributed by atoms with Crippen molar-refractivity contribution in [3.8, 4) is 0 Å². The van der Waals surface area contributed by atoms with E-state index in [1.165, 1.54) is 6.42 Å². The van der Waals surface area contributed by atoms with E-state index < -0.39 is 5.60 Å². The summed E-state index contributed by atoms with van der Waals surface area (Å²) < 4.78 is 5.93. The van der Waals surface area contributed by atoms with Gasteiger partial charge in [0.1, 0.15) is 5.60 Å². The molecule has 0 N–H and O–H groups in total. The summed E-state index contributed by atoms with van der Waals surface area (Å²) in [7, 11) is 0. The Balaban J connectivity index is 2.33. The van der Waals surface area contributed by atoms with E-state index >= 15 is 0 Å². The maximum atomic E-state index is 12.9. The number of hydrogen-bond donors (Lipinski definition) is 0. The van der Waals surface area contributed by atoms with Gasteiger partial charge in [-0.25, -0.2) is 0 Å². The number of hydrogen-bond acceptors (Lipinski definition) is 3. The first kappa shape index (κ1) is 14.2. The van der Waals surface area contributed by atoms with Crippen LogP contribution in [0, 0.1) is 12.8 Å². The third-order valence-corrected chi connectivity index (χ3v) is 4.07. The van der Waals surface area contributed by atoms with Crippen LogP contribution in [0.4, 0.5) is 0 Å². The summed E-state index contributed by atoms with van der Waals surface area (Å²) in [6.45, 7) is 6.71. The topological polar surface area (TPSA) is 39.2 Å². The molecule has 0 spiro atoms. The minimum atomic E-state index is -0.625. The van der Waals surface area contributed by atoms with E-state index in [1.54, 1.807) is 12.4 Å². The minimum absolute atomic E-state index is 0.117. The lowest BCUT2D eigenvalue weighted by Gasteiger charge is -2.38. The molecule has 1 saturated carbocycles. The standard InChI is InChI=1S/C16H23NO2/c1-4-19-16(8-5-6-12(2)10-16)15(18)14-11-17-9-7-13(14)3/h7,9,11-12H,4-6,8,10H2,1-3H3. The van der Waals surface area contributed by atoms with Gasteiger partial charge in [0.05, 0.1) is 0 Å². The molecule has 2 atom stereocenters. The highest BCUT2D eigenvalue weighted by molar-refractivity contribution is 6.03. The van der Waals surface area contributed by atoms with Crippen LogP contribution in [0.3, 0.4) is 0 Å². The molecule has 3 heteroatoms. The molecule has 1 aromatic heterocycles. The van der Waals surface area contributed by atoms with Gasteiger partial charge in [-0.05, 0) is 50.7 Å². The van der Waals surface area contributed by atoms with Gasteiger partial charge in [-0.3, -0.25) is 9.78 Å². The van der Waals surface area contributed by atoms with E-state index in [-0.39, 0.29) is 5.78 Å². The van der Waals surface area contributed by atoms with Gasteiger partial charge in [-0.15, -0.1) is 0 Å². The Morgan fingerprint density at radius 3 is 3.00 bits per heavy atom. The Hall–Kier alpha value is -1.22. The molecule has 3 nitrogen and oxygen atoms in total. The third-order valence-electron chi connectivity index (χ3n) is 4.07. The number of aryl methyl sites for hydroxylation is 1. The maximum absolute atomic E-state index is 12.9. The fourth-order valence-corrected chi connectivity index (χ4v) is 3.13. The Labute approximate surface area is 115 Å². The van der Waals surface area contributed by atoms with Crippen molar-refractivity contribution < 1.29 is 9.53 Å². The lowest BCUT2D eigenvalue weighted by atomic mass is 9.74. The molecule has 0 saturated heterocycles. The summed E-state index contributed by atoms with van der Waals surface area (Å²) in [5.41, 5.74) is 1.07. The number of carbonyl (C=O) groups is 1. The highest BCUT2D eigenvalue weighted by Crippen LogP contribution is 2.38. The van der Waals surface area contributed by atoms with Crippen molar-refractivity contribution in [2.75, 3.05) is 6.61 Å². The van der Waals surface area contributed by atoms with Crippen molar-refractivity contribution >= 4 is 5.78 Å². The number of aromatic nitrogens is 1. The molecular weight excluding hydrogens is 238 g/mol. The van der Waals surface area contributed by atoms with Crippen LogP contribution in [-0.2, 0) is 4.74 Å². The van der Waals surface area contributed by atoms with Crippen molar-refractivity contribution in [3.05, 3.63) is 29.6 Å². The first-order chi connectivity index (χ1) is 9.09. The predicted octanol–water partition coefficient (Wildman–Crippen LogP) is 3.56. The number of pyridine rings is 1. The molecule has 104 valence electrons. The first-order valence-electron chi connectivity index (χ1n) is 7.18. The number of rotatable bonds is 4. The van der Waals surface area contributed by atoms with Crippen LogP contribution in [0.2, 0.25) is 0 Å². The van der Waals surface area contributed by atoms with Crippen molar-refractivity contribution in [1.82, 2.24) is 4.98 Å². The fourth-order valence-electron chi connectivity index (χ4n) is 3.13. The zero-order valence-corrected chi connectivity index (χ0v) is 12.1. The molecule has 1 aromatic rings. The Morgan fingerprint density at radius 2 is 2.37 bits per heavy atom.